The molecule has 7 heteroatoms. The minimum atomic E-state index is -3.01. The predicted molar refractivity (Wildman–Crippen MR) is 70.4 cm³/mol. The lowest BCUT2D eigenvalue weighted by molar-refractivity contribution is 0.0601. The number of rotatable bonds is 5. The van der Waals surface area contributed by atoms with Crippen LogP contribution in [-0.2, 0) is 14.6 Å². The molecule has 0 atom stereocenters. The van der Waals surface area contributed by atoms with Crippen molar-refractivity contribution in [2.45, 2.75) is 0 Å². The third kappa shape index (κ3) is 4.25. The number of nitrogens with two attached hydrogens (primary N) is 1. The highest BCUT2D eigenvalue weighted by Gasteiger charge is 2.08. The molecule has 1 aromatic carbocycles. The second kappa shape index (κ2) is 5.72. The highest BCUT2D eigenvalue weighted by atomic mass is 32.2. The molecular formula is C11H16N2O4S. The van der Waals surface area contributed by atoms with Gasteiger partial charge in [0.1, 0.15) is 9.84 Å². The molecule has 0 unspecified atom stereocenters. The molecule has 0 fully saturated rings. The first-order valence-corrected chi connectivity index (χ1v) is 7.29. The Kier molecular flexibility index (Phi) is 4.55. The number of carbonyl (C=O) groups is 1. The number of anilines is 2. The first-order chi connectivity index (χ1) is 8.33. The van der Waals surface area contributed by atoms with E-state index in [1.165, 1.54) is 19.4 Å². The van der Waals surface area contributed by atoms with Gasteiger partial charge in [-0.05, 0) is 18.2 Å². The van der Waals surface area contributed by atoms with Gasteiger partial charge in [-0.2, -0.15) is 0 Å². The summed E-state index contributed by atoms with van der Waals surface area (Å²) in [5.41, 5.74) is 7.05. The molecule has 3 N–H and O–H groups in total. The molecule has 0 aliphatic heterocycles. The van der Waals surface area contributed by atoms with E-state index >= 15 is 0 Å². The lowest BCUT2D eigenvalue weighted by Gasteiger charge is -2.09. The molecule has 1 rings (SSSR count). The maximum absolute atomic E-state index is 11.2. The first-order valence-electron chi connectivity index (χ1n) is 5.23. The van der Waals surface area contributed by atoms with Crippen LogP contribution in [0.5, 0.6) is 0 Å². The Morgan fingerprint density at radius 3 is 2.61 bits per heavy atom. The van der Waals surface area contributed by atoms with E-state index in [1.807, 2.05) is 0 Å². The van der Waals surface area contributed by atoms with Crippen LogP contribution in [-0.4, -0.2) is 40.1 Å². The van der Waals surface area contributed by atoms with Crippen molar-refractivity contribution in [2.24, 2.45) is 0 Å². The second-order valence-corrected chi connectivity index (χ2v) is 6.11. The van der Waals surface area contributed by atoms with Crippen molar-refractivity contribution in [2.75, 3.05) is 36.7 Å². The molecule has 0 heterocycles. The van der Waals surface area contributed by atoms with Gasteiger partial charge in [0, 0.05) is 12.8 Å². The van der Waals surface area contributed by atoms with Crippen LogP contribution in [0.1, 0.15) is 10.4 Å². The fourth-order valence-electron chi connectivity index (χ4n) is 1.34. The molecule has 18 heavy (non-hydrogen) atoms. The molecule has 0 spiro atoms. The van der Waals surface area contributed by atoms with Gasteiger partial charge >= 0.3 is 5.97 Å². The molecule has 0 aliphatic carbocycles. The van der Waals surface area contributed by atoms with Crippen molar-refractivity contribution in [1.82, 2.24) is 0 Å². The van der Waals surface area contributed by atoms with Crippen LogP contribution in [0.4, 0.5) is 11.4 Å². The molecule has 0 radical (unpaired) electrons. The zero-order chi connectivity index (χ0) is 13.8. The number of esters is 1. The molecular weight excluding hydrogens is 256 g/mol. The van der Waals surface area contributed by atoms with E-state index in [-0.39, 0.29) is 12.3 Å². The molecule has 0 aromatic heterocycles. The summed E-state index contributed by atoms with van der Waals surface area (Å²) in [5, 5.41) is 2.90. The standard InChI is InChI=1S/C11H16N2O4S/c1-17-11(14)8-3-4-10(9(12)7-8)13-5-6-18(2,15)16/h3-4,7,13H,5-6,12H2,1-2H3. The van der Waals surface area contributed by atoms with Crippen LogP contribution in [0, 0.1) is 0 Å². The summed E-state index contributed by atoms with van der Waals surface area (Å²) in [7, 11) is -1.72. The number of sulfone groups is 1. The first kappa shape index (κ1) is 14.3. The zero-order valence-corrected chi connectivity index (χ0v) is 11.1. The number of hydrogen-bond donors (Lipinski definition) is 2. The Morgan fingerprint density at radius 1 is 1.44 bits per heavy atom. The molecule has 0 bridgehead atoms. The number of benzene rings is 1. The van der Waals surface area contributed by atoms with E-state index < -0.39 is 15.8 Å². The molecule has 1 aromatic rings. The number of hydrogen-bond acceptors (Lipinski definition) is 6. The van der Waals surface area contributed by atoms with Gasteiger partial charge in [0.25, 0.3) is 0 Å². The summed E-state index contributed by atoms with van der Waals surface area (Å²) in [6, 6.07) is 4.66. The quantitative estimate of drug-likeness (QED) is 0.598. The maximum Gasteiger partial charge on any atom is 0.337 e. The van der Waals surface area contributed by atoms with E-state index in [1.54, 1.807) is 12.1 Å². The Labute approximate surface area is 106 Å². The number of nitrogens with one attached hydrogen (secondary N) is 1. The number of nitrogen functional groups attached to an aromatic ring is 1. The Hall–Kier alpha value is -1.76. The fraction of sp³-hybridized carbons (Fsp3) is 0.364. The van der Waals surface area contributed by atoms with Crippen molar-refractivity contribution >= 4 is 27.2 Å². The summed E-state index contributed by atoms with van der Waals surface area (Å²) in [4.78, 5) is 11.2. The van der Waals surface area contributed by atoms with E-state index in [4.69, 9.17) is 5.73 Å². The average molecular weight is 272 g/mol. The van der Waals surface area contributed by atoms with Crippen molar-refractivity contribution < 1.29 is 17.9 Å². The lowest BCUT2D eigenvalue weighted by Crippen LogP contribution is -2.15. The molecule has 6 nitrogen and oxygen atoms in total. The summed E-state index contributed by atoms with van der Waals surface area (Å²) < 4.78 is 26.5. The third-order valence-electron chi connectivity index (χ3n) is 2.26. The van der Waals surface area contributed by atoms with Crippen LogP contribution in [0.15, 0.2) is 18.2 Å². The van der Waals surface area contributed by atoms with Crippen molar-refractivity contribution in [3.8, 4) is 0 Å². The lowest BCUT2D eigenvalue weighted by atomic mass is 10.2. The van der Waals surface area contributed by atoms with E-state index in [9.17, 15) is 13.2 Å². The minimum absolute atomic E-state index is 0.0190. The van der Waals surface area contributed by atoms with Crippen molar-refractivity contribution in [1.29, 1.82) is 0 Å². The predicted octanol–water partition coefficient (Wildman–Crippen LogP) is 0.512. The van der Waals surface area contributed by atoms with E-state index in [2.05, 4.69) is 10.1 Å². The van der Waals surface area contributed by atoms with Crippen LogP contribution < -0.4 is 11.1 Å². The van der Waals surface area contributed by atoms with Crippen molar-refractivity contribution in [3.63, 3.8) is 0 Å². The summed E-state index contributed by atoms with van der Waals surface area (Å²) in [5.74, 6) is -0.449. The molecule has 0 saturated heterocycles. The van der Waals surface area contributed by atoms with Gasteiger partial charge in [-0.15, -0.1) is 0 Å². The summed E-state index contributed by atoms with van der Waals surface area (Å²) >= 11 is 0. The van der Waals surface area contributed by atoms with Gasteiger partial charge in [0.15, 0.2) is 0 Å². The molecule has 100 valence electrons. The van der Waals surface area contributed by atoms with Gasteiger partial charge < -0.3 is 15.8 Å². The summed E-state index contributed by atoms with van der Waals surface area (Å²) in [6.07, 6.45) is 1.17. The van der Waals surface area contributed by atoms with Crippen LogP contribution in [0.3, 0.4) is 0 Å². The van der Waals surface area contributed by atoms with Crippen LogP contribution >= 0.6 is 0 Å². The van der Waals surface area contributed by atoms with Gasteiger partial charge in [-0.25, -0.2) is 13.2 Å². The third-order valence-corrected chi connectivity index (χ3v) is 3.21. The van der Waals surface area contributed by atoms with Crippen LogP contribution in [0.25, 0.3) is 0 Å². The normalized spacial score (nSPS) is 11.0. The van der Waals surface area contributed by atoms with Crippen LogP contribution in [0.2, 0.25) is 0 Å². The van der Waals surface area contributed by atoms with E-state index in [0.29, 0.717) is 16.9 Å². The van der Waals surface area contributed by atoms with Crippen molar-refractivity contribution in [3.05, 3.63) is 23.8 Å². The SMILES string of the molecule is COC(=O)c1ccc(NCCS(C)(=O)=O)c(N)c1. The number of ether oxygens (including phenoxy) is 1. The molecule has 0 saturated carbocycles. The largest absolute Gasteiger partial charge is 0.465 e. The molecule has 0 amide bonds. The topological polar surface area (TPSA) is 98.5 Å². The number of methoxy groups -OCH3 is 1. The fourth-order valence-corrected chi connectivity index (χ4v) is 1.81. The summed E-state index contributed by atoms with van der Waals surface area (Å²) in [6.45, 7) is 0.264. The monoisotopic (exact) mass is 272 g/mol. The zero-order valence-electron chi connectivity index (χ0n) is 10.3. The minimum Gasteiger partial charge on any atom is -0.465 e. The highest BCUT2D eigenvalue weighted by Crippen LogP contribution is 2.20. The van der Waals surface area contributed by atoms with Gasteiger partial charge in [0.2, 0.25) is 0 Å². The second-order valence-electron chi connectivity index (χ2n) is 3.85. The van der Waals surface area contributed by atoms with Gasteiger partial charge in [-0.1, -0.05) is 0 Å². The smallest absolute Gasteiger partial charge is 0.337 e. The van der Waals surface area contributed by atoms with Gasteiger partial charge in [-0.3, -0.25) is 0 Å². The highest BCUT2D eigenvalue weighted by molar-refractivity contribution is 7.90. The van der Waals surface area contributed by atoms with E-state index in [0.717, 1.165) is 0 Å². The van der Waals surface area contributed by atoms with Gasteiger partial charge in [0.05, 0.1) is 29.8 Å². The molecule has 0 aliphatic rings. The Balaban J connectivity index is 2.71. The Bertz CT molecular complexity index is 540. The average Bonchev–Trinajstić information content (AvgIpc) is 2.28. The maximum atomic E-state index is 11.2. The number of carbonyl (C=O) groups excluding carboxylic acids is 1. The Morgan fingerprint density at radius 2 is 2.11 bits per heavy atom.